The number of rotatable bonds is 3. The van der Waals surface area contributed by atoms with E-state index in [4.69, 9.17) is 10.5 Å². The molecule has 0 aliphatic heterocycles. The van der Waals surface area contributed by atoms with Gasteiger partial charge in [0.2, 0.25) is 5.88 Å². The van der Waals surface area contributed by atoms with E-state index in [1.807, 2.05) is 13.8 Å². The Morgan fingerprint density at radius 3 is 2.92 bits per heavy atom. The topological polar surface area (TPSA) is 61.0 Å². The average molecular weight is 167 g/mol. The lowest BCUT2D eigenvalue weighted by atomic mass is 10.5. The Morgan fingerprint density at radius 1 is 1.58 bits per heavy atom. The van der Waals surface area contributed by atoms with Crippen molar-refractivity contribution in [1.29, 1.82) is 0 Å². The van der Waals surface area contributed by atoms with Crippen molar-refractivity contribution in [1.82, 2.24) is 9.97 Å². The van der Waals surface area contributed by atoms with Crippen LogP contribution in [0.25, 0.3) is 0 Å². The Labute approximate surface area is 71.8 Å². The summed E-state index contributed by atoms with van der Waals surface area (Å²) in [5, 5.41) is 0. The van der Waals surface area contributed by atoms with Crippen molar-refractivity contribution in [3.63, 3.8) is 0 Å². The highest BCUT2D eigenvalue weighted by molar-refractivity contribution is 5.08. The van der Waals surface area contributed by atoms with Crippen LogP contribution in [0.4, 0.5) is 0 Å². The van der Waals surface area contributed by atoms with Crippen molar-refractivity contribution in [2.24, 2.45) is 5.73 Å². The normalized spacial score (nSPS) is 10.3. The standard InChI is InChI=1S/C8H13N3O/c1-6(2)12-8-3-4-10-7(5-9)11-8/h3-4,6H,5,9H2,1-2H3. The van der Waals surface area contributed by atoms with E-state index in [-0.39, 0.29) is 6.10 Å². The zero-order valence-corrected chi connectivity index (χ0v) is 7.32. The summed E-state index contributed by atoms with van der Waals surface area (Å²) in [6.07, 6.45) is 1.78. The van der Waals surface area contributed by atoms with Crippen LogP contribution in [-0.2, 0) is 6.54 Å². The van der Waals surface area contributed by atoms with Gasteiger partial charge < -0.3 is 10.5 Å². The molecule has 0 amide bonds. The Hall–Kier alpha value is -1.16. The second-order valence-electron chi connectivity index (χ2n) is 2.68. The van der Waals surface area contributed by atoms with E-state index >= 15 is 0 Å². The minimum atomic E-state index is 0.130. The minimum Gasteiger partial charge on any atom is -0.475 e. The van der Waals surface area contributed by atoms with Gasteiger partial charge >= 0.3 is 0 Å². The van der Waals surface area contributed by atoms with Gasteiger partial charge in [-0.2, -0.15) is 4.98 Å². The van der Waals surface area contributed by atoms with Crippen LogP contribution in [0.15, 0.2) is 12.3 Å². The summed E-state index contributed by atoms with van der Waals surface area (Å²) < 4.78 is 5.35. The zero-order valence-electron chi connectivity index (χ0n) is 7.32. The number of hydrogen-bond donors (Lipinski definition) is 1. The van der Waals surface area contributed by atoms with E-state index in [2.05, 4.69) is 9.97 Å². The first-order chi connectivity index (χ1) is 5.72. The predicted molar refractivity (Wildman–Crippen MR) is 45.7 cm³/mol. The van der Waals surface area contributed by atoms with Crippen molar-refractivity contribution in [3.05, 3.63) is 18.1 Å². The maximum Gasteiger partial charge on any atom is 0.216 e. The highest BCUT2D eigenvalue weighted by atomic mass is 16.5. The zero-order chi connectivity index (χ0) is 8.97. The molecule has 0 unspecified atom stereocenters. The van der Waals surface area contributed by atoms with E-state index in [1.165, 1.54) is 0 Å². The Kier molecular flexibility index (Phi) is 2.99. The maximum absolute atomic E-state index is 5.37. The molecule has 0 saturated carbocycles. The molecule has 1 heterocycles. The van der Waals surface area contributed by atoms with E-state index in [0.29, 0.717) is 18.2 Å². The molecule has 0 aliphatic rings. The molecule has 0 aromatic carbocycles. The Balaban J connectivity index is 2.72. The lowest BCUT2D eigenvalue weighted by Crippen LogP contribution is -2.09. The van der Waals surface area contributed by atoms with Crippen molar-refractivity contribution in [2.45, 2.75) is 26.5 Å². The summed E-state index contributed by atoms with van der Waals surface area (Å²) in [4.78, 5) is 8.02. The molecule has 0 radical (unpaired) electrons. The highest BCUT2D eigenvalue weighted by Crippen LogP contribution is 2.06. The number of nitrogens with two attached hydrogens (primary N) is 1. The molecule has 0 aliphatic carbocycles. The summed E-state index contributed by atoms with van der Waals surface area (Å²) in [5.74, 6) is 1.19. The molecule has 1 rings (SSSR count). The van der Waals surface area contributed by atoms with Crippen LogP contribution >= 0.6 is 0 Å². The van der Waals surface area contributed by atoms with Crippen LogP contribution in [-0.4, -0.2) is 16.1 Å². The van der Waals surface area contributed by atoms with Crippen molar-refractivity contribution < 1.29 is 4.74 Å². The third-order valence-electron chi connectivity index (χ3n) is 1.22. The van der Waals surface area contributed by atoms with Crippen LogP contribution in [0.2, 0.25) is 0 Å². The molecule has 1 aromatic rings. The molecule has 4 heteroatoms. The lowest BCUT2D eigenvalue weighted by molar-refractivity contribution is 0.231. The lowest BCUT2D eigenvalue weighted by Gasteiger charge is -2.08. The largest absolute Gasteiger partial charge is 0.475 e. The predicted octanol–water partition coefficient (Wildman–Crippen LogP) is 0.722. The Bertz CT molecular complexity index is 250. The molecule has 0 atom stereocenters. The molecule has 1 aromatic heterocycles. The van der Waals surface area contributed by atoms with E-state index in [1.54, 1.807) is 12.3 Å². The number of hydrogen-bond acceptors (Lipinski definition) is 4. The monoisotopic (exact) mass is 167 g/mol. The molecule has 2 N–H and O–H groups in total. The molecule has 4 nitrogen and oxygen atoms in total. The highest BCUT2D eigenvalue weighted by Gasteiger charge is 1.99. The smallest absolute Gasteiger partial charge is 0.216 e. The third kappa shape index (κ3) is 2.47. The van der Waals surface area contributed by atoms with Gasteiger partial charge in [0, 0.05) is 12.3 Å². The van der Waals surface area contributed by atoms with E-state index in [0.717, 1.165) is 0 Å². The fourth-order valence-electron chi connectivity index (χ4n) is 0.786. The molecule has 0 spiro atoms. The van der Waals surface area contributed by atoms with E-state index < -0.39 is 0 Å². The Morgan fingerprint density at radius 2 is 2.33 bits per heavy atom. The van der Waals surface area contributed by atoms with E-state index in [9.17, 15) is 0 Å². The summed E-state index contributed by atoms with van der Waals surface area (Å²) >= 11 is 0. The molecular formula is C8H13N3O. The summed E-state index contributed by atoms with van der Waals surface area (Å²) in [6.45, 7) is 4.24. The minimum absolute atomic E-state index is 0.130. The van der Waals surface area contributed by atoms with Crippen LogP contribution in [0.1, 0.15) is 19.7 Å². The molecule has 0 saturated heterocycles. The quantitative estimate of drug-likeness (QED) is 0.720. The van der Waals surface area contributed by atoms with Gasteiger partial charge in [0.05, 0.1) is 12.6 Å². The number of aromatic nitrogens is 2. The first-order valence-electron chi connectivity index (χ1n) is 3.91. The second-order valence-corrected chi connectivity index (χ2v) is 2.68. The fourth-order valence-corrected chi connectivity index (χ4v) is 0.786. The molecule has 0 fully saturated rings. The van der Waals surface area contributed by atoms with Gasteiger partial charge in [-0.15, -0.1) is 0 Å². The number of nitrogens with zero attached hydrogens (tertiary/aromatic N) is 2. The van der Waals surface area contributed by atoms with Gasteiger partial charge in [-0.25, -0.2) is 4.98 Å². The molecule has 0 bridgehead atoms. The van der Waals surface area contributed by atoms with Crippen molar-refractivity contribution >= 4 is 0 Å². The molecular weight excluding hydrogens is 154 g/mol. The summed E-state index contributed by atoms with van der Waals surface area (Å²) in [7, 11) is 0. The third-order valence-corrected chi connectivity index (χ3v) is 1.22. The fraction of sp³-hybridized carbons (Fsp3) is 0.500. The second kappa shape index (κ2) is 4.01. The van der Waals surface area contributed by atoms with Gasteiger partial charge in [-0.05, 0) is 13.8 Å². The van der Waals surface area contributed by atoms with Crippen molar-refractivity contribution in [3.8, 4) is 5.88 Å². The number of ether oxygens (including phenoxy) is 1. The van der Waals surface area contributed by atoms with Crippen LogP contribution < -0.4 is 10.5 Å². The van der Waals surface area contributed by atoms with Crippen LogP contribution in [0.3, 0.4) is 0 Å². The van der Waals surface area contributed by atoms with Gasteiger partial charge in [0.1, 0.15) is 5.82 Å². The van der Waals surface area contributed by atoms with Gasteiger partial charge in [-0.3, -0.25) is 0 Å². The van der Waals surface area contributed by atoms with Gasteiger partial charge in [0.15, 0.2) is 0 Å². The van der Waals surface area contributed by atoms with Gasteiger partial charge in [-0.1, -0.05) is 0 Å². The molecule has 12 heavy (non-hydrogen) atoms. The maximum atomic E-state index is 5.37. The SMILES string of the molecule is CC(C)Oc1ccnc(CN)n1. The summed E-state index contributed by atoms with van der Waals surface area (Å²) in [5.41, 5.74) is 5.37. The van der Waals surface area contributed by atoms with Gasteiger partial charge in [0.25, 0.3) is 0 Å². The first-order valence-corrected chi connectivity index (χ1v) is 3.91. The van der Waals surface area contributed by atoms with Crippen molar-refractivity contribution in [2.75, 3.05) is 0 Å². The first kappa shape index (κ1) is 8.93. The van der Waals surface area contributed by atoms with Crippen LogP contribution in [0.5, 0.6) is 5.88 Å². The molecule has 66 valence electrons. The average Bonchev–Trinajstić information content (AvgIpc) is 2.03. The van der Waals surface area contributed by atoms with Crippen LogP contribution in [0, 0.1) is 0 Å². The summed E-state index contributed by atoms with van der Waals surface area (Å²) in [6, 6.07) is 1.72.